The Kier molecular flexibility index (Phi) is 5.49. The molecule has 1 unspecified atom stereocenters. The lowest BCUT2D eigenvalue weighted by molar-refractivity contribution is -0.0498. The van der Waals surface area contributed by atoms with Crippen molar-refractivity contribution in [2.75, 3.05) is 6.54 Å². The number of carbonyl (C=O) groups excluding carboxylic acids is 1. The average Bonchev–Trinajstić information content (AvgIpc) is 2.57. The molecular weight excluding hydrogens is 262 g/mol. The highest BCUT2D eigenvalue weighted by atomic mass is 32.1. The number of carbonyl (C=O) groups is 1. The summed E-state index contributed by atoms with van der Waals surface area (Å²) in [5.74, 6) is -0.491. The molecule has 0 aliphatic carbocycles. The Morgan fingerprint density at radius 3 is 2.83 bits per heavy atom. The minimum atomic E-state index is -2.94. The van der Waals surface area contributed by atoms with Crippen molar-refractivity contribution in [3.8, 4) is 5.75 Å². The monoisotopic (exact) mass is 278 g/mol. The molecule has 1 atom stereocenters. The van der Waals surface area contributed by atoms with E-state index < -0.39 is 12.5 Å². The Morgan fingerprint density at radius 1 is 1.61 bits per heavy atom. The van der Waals surface area contributed by atoms with Gasteiger partial charge in [-0.3, -0.25) is 4.79 Å². The molecule has 1 aromatic heterocycles. The number of hydrogen-bond acceptors (Lipinski definition) is 4. The fourth-order valence-electron chi connectivity index (χ4n) is 1.33. The first kappa shape index (κ1) is 14.8. The van der Waals surface area contributed by atoms with Crippen molar-refractivity contribution >= 4 is 17.2 Å². The van der Waals surface area contributed by atoms with E-state index in [0.717, 1.165) is 16.2 Å². The van der Waals surface area contributed by atoms with Gasteiger partial charge in [0.25, 0.3) is 5.91 Å². The summed E-state index contributed by atoms with van der Waals surface area (Å²) in [5.41, 5.74) is 5.54. The number of aryl methyl sites for hydroxylation is 1. The van der Waals surface area contributed by atoms with Crippen molar-refractivity contribution in [3.63, 3.8) is 0 Å². The van der Waals surface area contributed by atoms with E-state index in [1.807, 2.05) is 6.92 Å². The van der Waals surface area contributed by atoms with Gasteiger partial charge in [0, 0.05) is 17.5 Å². The van der Waals surface area contributed by atoms with Crippen LogP contribution in [-0.2, 0) is 0 Å². The maximum absolute atomic E-state index is 12.2. The van der Waals surface area contributed by atoms with Crippen molar-refractivity contribution < 1.29 is 18.3 Å². The maximum Gasteiger partial charge on any atom is 0.387 e. The van der Waals surface area contributed by atoms with Gasteiger partial charge in [-0.15, -0.1) is 11.3 Å². The molecule has 0 radical (unpaired) electrons. The number of nitrogens with one attached hydrogen (secondary N) is 1. The third-order valence-corrected chi connectivity index (χ3v) is 3.16. The molecule has 1 amide bonds. The number of nitrogens with two attached hydrogens (primary N) is 1. The van der Waals surface area contributed by atoms with Gasteiger partial charge >= 0.3 is 6.61 Å². The van der Waals surface area contributed by atoms with E-state index in [0.29, 0.717) is 13.0 Å². The molecule has 1 heterocycles. The van der Waals surface area contributed by atoms with Gasteiger partial charge in [-0.05, 0) is 26.3 Å². The zero-order valence-corrected chi connectivity index (χ0v) is 11.0. The van der Waals surface area contributed by atoms with Gasteiger partial charge in [-0.1, -0.05) is 0 Å². The van der Waals surface area contributed by atoms with Gasteiger partial charge in [0.2, 0.25) is 0 Å². The van der Waals surface area contributed by atoms with Crippen LogP contribution >= 0.6 is 11.3 Å². The van der Waals surface area contributed by atoms with Crippen LogP contribution in [0.25, 0.3) is 0 Å². The lowest BCUT2D eigenvalue weighted by Crippen LogP contribution is -2.28. The average molecular weight is 278 g/mol. The molecule has 3 N–H and O–H groups in total. The van der Waals surface area contributed by atoms with Crippen molar-refractivity contribution in [1.82, 2.24) is 5.32 Å². The predicted octanol–water partition coefficient (Wildman–Crippen LogP) is 2.13. The number of halogens is 2. The SMILES string of the molecule is Cc1cc(OC(F)F)c(C(=O)NCCC(C)N)s1. The lowest BCUT2D eigenvalue weighted by Gasteiger charge is -2.08. The second kappa shape index (κ2) is 6.65. The zero-order valence-electron chi connectivity index (χ0n) is 10.2. The normalized spacial score (nSPS) is 12.6. The van der Waals surface area contributed by atoms with Crippen molar-refractivity contribution in [3.05, 3.63) is 15.8 Å². The Labute approximate surface area is 108 Å². The van der Waals surface area contributed by atoms with Crippen LogP contribution in [0, 0.1) is 6.92 Å². The first-order valence-corrected chi connectivity index (χ1v) is 6.30. The van der Waals surface area contributed by atoms with Gasteiger partial charge in [0.1, 0.15) is 10.6 Å². The van der Waals surface area contributed by atoms with Crippen LogP contribution in [0.2, 0.25) is 0 Å². The molecule has 4 nitrogen and oxygen atoms in total. The quantitative estimate of drug-likeness (QED) is 0.837. The fourth-order valence-corrected chi connectivity index (χ4v) is 2.19. The number of thiophene rings is 1. The minimum Gasteiger partial charge on any atom is -0.433 e. The molecule has 0 aliphatic rings. The van der Waals surface area contributed by atoms with Gasteiger partial charge in [0.15, 0.2) is 0 Å². The van der Waals surface area contributed by atoms with E-state index >= 15 is 0 Å². The van der Waals surface area contributed by atoms with Gasteiger partial charge in [0.05, 0.1) is 0 Å². The van der Waals surface area contributed by atoms with Crippen LogP contribution < -0.4 is 15.8 Å². The maximum atomic E-state index is 12.2. The van der Waals surface area contributed by atoms with Crippen LogP contribution in [-0.4, -0.2) is 25.1 Å². The van der Waals surface area contributed by atoms with E-state index in [2.05, 4.69) is 10.1 Å². The Bertz CT molecular complexity index is 408. The molecular formula is C11H16F2N2O2S. The number of rotatable bonds is 6. The van der Waals surface area contributed by atoms with Crippen LogP contribution in [0.5, 0.6) is 5.75 Å². The summed E-state index contributed by atoms with van der Waals surface area (Å²) in [6.45, 7) is 1.02. The highest BCUT2D eigenvalue weighted by molar-refractivity contribution is 7.14. The second-order valence-electron chi connectivity index (χ2n) is 3.95. The molecule has 0 aromatic carbocycles. The van der Waals surface area contributed by atoms with Gasteiger partial charge in [-0.25, -0.2) is 0 Å². The molecule has 1 rings (SSSR count). The topological polar surface area (TPSA) is 64.3 Å². The highest BCUT2D eigenvalue weighted by Crippen LogP contribution is 2.30. The lowest BCUT2D eigenvalue weighted by atomic mass is 10.2. The molecule has 102 valence electrons. The molecule has 18 heavy (non-hydrogen) atoms. The molecule has 0 saturated heterocycles. The van der Waals surface area contributed by atoms with E-state index in [9.17, 15) is 13.6 Å². The second-order valence-corrected chi connectivity index (χ2v) is 5.21. The largest absolute Gasteiger partial charge is 0.433 e. The summed E-state index contributed by atoms with van der Waals surface area (Å²) in [4.78, 5) is 12.7. The summed E-state index contributed by atoms with van der Waals surface area (Å²) >= 11 is 1.12. The first-order chi connectivity index (χ1) is 8.40. The van der Waals surface area contributed by atoms with Crippen LogP contribution in [0.3, 0.4) is 0 Å². The van der Waals surface area contributed by atoms with E-state index in [1.54, 1.807) is 6.92 Å². The van der Waals surface area contributed by atoms with E-state index in [-0.39, 0.29) is 16.7 Å². The predicted molar refractivity (Wildman–Crippen MR) is 66.3 cm³/mol. The van der Waals surface area contributed by atoms with Crippen LogP contribution in [0.1, 0.15) is 27.9 Å². The third-order valence-electron chi connectivity index (χ3n) is 2.13. The number of ether oxygens (including phenoxy) is 1. The molecule has 0 aliphatic heterocycles. The van der Waals surface area contributed by atoms with E-state index in [4.69, 9.17) is 5.73 Å². The smallest absolute Gasteiger partial charge is 0.387 e. The Morgan fingerprint density at radius 2 is 2.28 bits per heavy atom. The zero-order chi connectivity index (χ0) is 13.7. The van der Waals surface area contributed by atoms with Gasteiger partial charge < -0.3 is 15.8 Å². The summed E-state index contributed by atoms with van der Waals surface area (Å²) in [7, 11) is 0. The molecule has 0 spiro atoms. The highest BCUT2D eigenvalue weighted by Gasteiger charge is 2.18. The summed E-state index contributed by atoms with van der Waals surface area (Å²) in [6.07, 6.45) is 0.626. The summed E-state index contributed by atoms with van der Waals surface area (Å²) in [6, 6.07) is 1.41. The Balaban J connectivity index is 2.66. The summed E-state index contributed by atoms with van der Waals surface area (Å²) < 4.78 is 28.6. The Hall–Kier alpha value is -1.21. The molecule has 1 aromatic rings. The standard InChI is InChI=1S/C11H16F2N2O2S/c1-6(14)3-4-15-10(16)9-8(17-11(12)13)5-7(2)18-9/h5-6,11H,3-4,14H2,1-2H3,(H,15,16). The fraction of sp³-hybridized carbons (Fsp3) is 0.545. The number of amides is 1. The number of alkyl halides is 2. The van der Waals surface area contributed by atoms with Crippen molar-refractivity contribution in [2.45, 2.75) is 32.9 Å². The number of hydrogen-bond donors (Lipinski definition) is 2. The molecule has 0 saturated carbocycles. The van der Waals surface area contributed by atoms with Crippen molar-refractivity contribution in [2.24, 2.45) is 5.73 Å². The first-order valence-electron chi connectivity index (χ1n) is 5.49. The van der Waals surface area contributed by atoms with Crippen molar-refractivity contribution in [1.29, 1.82) is 0 Å². The third kappa shape index (κ3) is 4.58. The van der Waals surface area contributed by atoms with Crippen LogP contribution in [0.4, 0.5) is 8.78 Å². The molecule has 0 fully saturated rings. The molecule has 0 bridgehead atoms. The summed E-state index contributed by atoms with van der Waals surface area (Å²) in [5, 5.41) is 2.62. The van der Waals surface area contributed by atoms with Crippen LogP contribution in [0.15, 0.2) is 6.07 Å². The minimum absolute atomic E-state index is 0.0212. The van der Waals surface area contributed by atoms with Gasteiger partial charge in [-0.2, -0.15) is 8.78 Å². The molecule has 7 heteroatoms. The van der Waals surface area contributed by atoms with E-state index in [1.165, 1.54) is 6.07 Å².